The summed E-state index contributed by atoms with van der Waals surface area (Å²) in [5, 5.41) is 0. The number of hydrogen-bond acceptors (Lipinski definition) is 4. The van der Waals surface area contributed by atoms with E-state index in [2.05, 4.69) is 0 Å². The van der Waals surface area contributed by atoms with Gasteiger partial charge in [-0.05, 0) is 50.3 Å². The molecule has 0 unspecified atom stereocenters. The third-order valence-corrected chi connectivity index (χ3v) is 4.35. The molecule has 0 aliphatic heterocycles. The molecule has 0 atom stereocenters. The predicted molar refractivity (Wildman–Crippen MR) is 85.5 cm³/mol. The average molecular weight is 345 g/mol. The van der Waals surface area contributed by atoms with Crippen LogP contribution in [-0.4, -0.2) is 30.9 Å². The van der Waals surface area contributed by atoms with Crippen molar-refractivity contribution in [3.63, 3.8) is 0 Å². The van der Waals surface area contributed by atoms with Gasteiger partial charge in [-0.15, -0.1) is 0 Å². The second kappa shape index (κ2) is 8.50. The van der Waals surface area contributed by atoms with E-state index in [1.54, 1.807) is 0 Å². The molecule has 0 amide bonds. The first kappa shape index (κ1) is 18.0. The zero-order valence-electron chi connectivity index (χ0n) is 13.3. The Morgan fingerprint density at radius 2 is 2.04 bits per heavy atom. The van der Waals surface area contributed by atoms with Crippen molar-refractivity contribution in [2.75, 3.05) is 19.3 Å². The van der Waals surface area contributed by atoms with E-state index in [-0.39, 0.29) is 24.8 Å². The minimum atomic E-state index is -0.540. The van der Waals surface area contributed by atoms with Crippen molar-refractivity contribution >= 4 is 17.6 Å². The second-order valence-corrected chi connectivity index (χ2v) is 5.86. The van der Waals surface area contributed by atoms with E-state index in [1.807, 2.05) is 6.92 Å². The number of rotatable bonds is 8. The maximum atomic E-state index is 13.5. The molecule has 1 aromatic rings. The topological polar surface area (TPSA) is 44.8 Å². The summed E-state index contributed by atoms with van der Waals surface area (Å²) in [7, 11) is 0. The Hall–Kier alpha value is -1.33. The Labute approximate surface area is 140 Å². The lowest BCUT2D eigenvalue weighted by molar-refractivity contribution is -0.0176. The van der Waals surface area contributed by atoms with Gasteiger partial charge >= 0.3 is 5.97 Å². The van der Waals surface area contributed by atoms with E-state index < -0.39 is 17.4 Å². The first-order chi connectivity index (χ1) is 11.1. The summed E-state index contributed by atoms with van der Waals surface area (Å²) in [5.41, 5.74) is -0.321. The van der Waals surface area contributed by atoms with Gasteiger partial charge in [0.05, 0.1) is 6.61 Å². The zero-order valence-corrected chi connectivity index (χ0v) is 14.0. The van der Waals surface area contributed by atoms with Gasteiger partial charge < -0.3 is 14.2 Å². The van der Waals surface area contributed by atoms with Crippen molar-refractivity contribution in [3.8, 4) is 5.75 Å². The molecule has 0 spiro atoms. The maximum Gasteiger partial charge on any atom is 0.342 e. The Kier molecular flexibility index (Phi) is 6.66. The molecule has 4 nitrogen and oxygen atoms in total. The van der Waals surface area contributed by atoms with Crippen LogP contribution in [0.1, 0.15) is 49.4 Å². The standard InChI is InChI=1S/C17H22ClFO4/c1-2-17(7-3-4-8-17)23-16(20)14-11-13(19)5-6-15(14)22-10-9-21-12-18/h5-6,11H,2-4,7-10,12H2,1H3. The van der Waals surface area contributed by atoms with Crippen molar-refractivity contribution in [3.05, 3.63) is 29.6 Å². The summed E-state index contributed by atoms with van der Waals surface area (Å²) in [6, 6.07) is 3.90. The van der Waals surface area contributed by atoms with E-state index in [1.165, 1.54) is 12.1 Å². The second-order valence-electron chi connectivity index (χ2n) is 5.64. The highest BCUT2D eigenvalue weighted by Crippen LogP contribution is 2.37. The third-order valence-electron chi connectivity index (χ3n) is 4.19. The summed E-state index contributed by atoms with van der Waals surface area (Å²) >= 11 is 5.41. The van der Waals surface area contributed by atoms with Gasteiger partial charge in [-0.2, -0.15) is 0 Å². The summed E-state index contributed by atoms with van der Waals surface area (Å²) in [6.45, 7) is 2.51. The van der Waals surface area contributed by atoms with E-state index in [9.17, 15) is 9.18 Å². The smallest absolute Gasteiger partial charge is 0.342 e. The number of hydrogen-bond donors (Lipinski definition) is 0. The van der Waals surface area contributed by atoms with Gasteiger partial charge in [0.25, 0.3) is 0 Å². The van der Waals surface area contributed by atoms with E-state index >= 15 is 0 Å². The molecule has 1 aromatic carbocycles. The molecule has 1 fully saturated rings. The molecule has 0 saturated heterocycles. The van der Waals surface area contributed by atoms with Crippen LogP contribution in [0.4, 0.5) is 4.39 Å². The fraction of sp³-hybridized carbons (Fsp3) is 0.588. The minimum Gasteiger partial charge on any atom is -0.490 e. The Morgan fingerprint density at radius 1 is 1.30 bits per heavy atom. The number of carbonyl (C=O) groups excluding carboxylic acids is 1. The van der Waals surface area contributed by atoms with Crippen molar-refractivity contribution in [1.29, 1.82) is 0 Å². The number of carbonyl (C=O) groups is 1. The molecule has 0 aromatic heterocycles. The Bertz CT molecular complexity index is 529. The first-order valence-corrected chi connectivity index (χ1v) is 8.43. The maximum absolute atomic E-state index is 13.5. The molecule has 1 aliphatic rings. The fourth-order valence-electron chi connectivity index (χ4n) is 2.85. The molecular formula is C17H22ClFO4. The van der Waals surface area contributed by atoms with Crippen molar-refractivity contribution < 1.29 is 23.4 Å². The van der Waals surface area contributed by atoms with Crippen LogP contribution in [0.15, 0.2) is 18.2 Å². The van der Waals surface area contributed by atoms with Gasteiger partial charge in [-0.3, -0.25) is 0 Å². The van der Waals surface area contributed by atoms with Crippen LogP contribution >= 0.6 is 11.6 Å². The van der Waals surface area contributed by atoms with Gasteiger partial charge in [-0.25, -0.2) is 9.18 Å². The molecule has 0 heterocycles. The lowest BCUT2D eigenvalue weighted by Gasteiger charge is -2.28. The molecule has 128 valence electrons. The highest BCUT2D eigenvalue weighted by Gasteiger charge is 2.36. The number of alkyl halides is 1. The van der Waals surface area contributed by atoms with Crippen LogP contribution < -0.4 is 4.74 Å². The van der Waals surface area contributed by atoms with Crippen molar-refractivity contribution in [2.24, 2.45) is 0 Å². The molecule has 2 rings (SSSR count). The van der Waals surface area contributed by atoms with Crippen LogP contribution in [0.5, 0.6) is 5.75 Å². The normalized spacial score (nSPS) is 16.3. The average Bonchev–Trinajstić information content (AvgIpc) is 3.01. The van der Waals surface area contributed by atoms with E-state index in [0.29, 0.717) is 5.75 Å². The van der Waals surface area contributed by atoms with Gasteiger partial charge in [0, 0.05) is 0 Å². The lowest BCUT2D eigenvalue weighted by Crippen LogP contribution is -2.31. The molecule has 23 heavy (non-hydrogen) atoms. The molecule has 1 aliphatic carbocycles. The van der Waals surface area contributed by atoms with Crippen molar-refractivity contribution in [1.82, 2.24) is 0 Å². The number of benzene rings is 1. The summed E-state index contributed by atoms with van der Waals surface area (Å²) < 4.78 is 29.7. The number of esters is 1. The summed E-state index contributed by atoms with van der Waals surface area (Å²) in [4.78, 5) is 12.5. The molecule has 0 radical (unpaired) electrons. The highest BCUT2D eigenvalue weighted by atomic mass is 35.5. The van der Waals surface area contributed by atoms with Crippen LogP contribution in [0.2, 0.25) is 0 Å². The quantitative estimate of drug-likeness (QED) is 0.401. The van der Waals surface area contributed by atoms with E-state index in [4.69, 9.17) is 25.8 Å². The van der Waals surface area contributed by atoms with Crippen molar-refractivity contribution in [2.45, 2.75) is 44.6 Å². The zero-order chi connectivity index (χ0) is 16.7. The van der Waals surface area contributed by atoms with Crippen LogP contribution in [0, 0.1) is 5.82 Å². The number of halogens is 2. The van der Waals surface area contributed by atoms with Gasteiger partial charge in [0.1, 0.15) is 35.4 Å². The molecule has 1 saturated carbocycles. The van der Waals surface area contributed by atoms with Crippen LogP contribution in [0.3, 0.4) is 0 Å². The number of ether oxygens (including phenoxy) is 3. The minimum absolute atomic E-state index is 0.0701. The van der Waals surface area contributed by atoms with E-state index in [0.717, 1.165) is 38.2 Å². The predicted octanol–water partition coefficient (Wildman–Crippen LogP) is 4.30. The Morgan fingerprint density at radius 3 is 2.70 bits per heavy atom. The summed E-state index contributed by atoms with van der Waals surface area (Å²) in [5.74, 6) is -0.751. The lowest BCUT2D eigenvalue weighted by atomic mass is 9.98. The third kappa shape index (κ3) is 4.82. The largest absolute Gasteiger partial charge is 0.490 e. The van der Waals surface area contributed by atoms with Crippen LogP contribution in [0.25, 0.3) is 0 Å². The highest BCUT2D eigenvalue weighted by molar-refractivity contribution is 6.17. The summed E-state index contributed by atoms with van der Waals surface area (Å²) in [6.07, 6.45) is 4.55. The monoisotopic (exact) mass is 344 g/mol. The molecule has 6 heteroatoms. The molecule has 0 bridgehead atoms. The van der Waals surface area contributed by atoms with Gasteiger partial charge in [-0.1, -0.05) is 18.5 Å². The SMILES string of the molecule is CCC1(OC(=O)c2cc(F)ccc2OCCOCCl)CCCC1. The Balaban J connectivity index is 2.09. The first-order valence-electron chi connectivity index (χ1n) is 7.89. The fourth-order valence-corrected chi connectivity index (χ4v) is 2.96. The van der Waals surface area contributed by atoms with Gasteiger partial charge in [0.15, 0.2) is 0 Å². The molecular weight excluding hydrogens is 323 g/mol. The molecule has 0 N–H and O–H groups in total. The van der Waals surface area contributed by atoms with Crippen LogP contribution in [-0.2, 0) is 9.47 Å². The van der Waals surface area contributed by atoms with Gasteiger partial charge in [0.2, 0.25) is 0 Å².